The smallest absolute Gasteiger partial charge is 0.245 e. The Bertz CT molecular complexity index is 635. The van der Waals surface area contributed by atoms with Gasteiger partial charge in [-0.2, -0.15) is 0 Å². The van der Waals surface area contributed by atoms with Crippen LogP contribution in [0.1, 0.15) is 71.1 Å². The number of unbranched alkanes of at least 4 members (excludes halogenated alkanes) is 9. The third kappa shape index (κ3) is 7.95. The Morgan fingerprint density at radius 2 is 1.27 bits per heavy atom. The highest BCUT2D eigenvalue weighted by Gasteiger charge is 2.23. The lowest BCUT2D eigenvalue weighted by Gasteiger charge is -2.24. The minimum atomic E-state index is -1.62. The summed E-state index contributed by atoms with van der Waals surface area (Å²) in [6.07, 6.45) is 14.0. The van der Waals surface area contributed by atoms with Gasteiger partial charge in [-0.1, -0.05) is 101 Å². The summed E-state index contributed by atoms with van der Waals surface area (Å²) >= 11 is 0. The molecule has 2 heteroatoms. The second kappa shape index (κ2) is 11.4. The lowest BCUT2D eigenvalue weighted by atomic mass is 10.1. The Balaban J connectivity index is 1.62. The van der Waals surface area contributed by atoms with Crippen LogP contribution < -0.4 is 4.43 Å². The summed E-state index contributed by atoms with van der Waals surface area (Å²) in [4.78, 5) is 0. The summed E-state index contributed by atoms with van der Waals surface area (Å²) in [6.45, 7) is 7.00. The van der Waals surface area contributed by atoms with Crippen LogP contribution in [0.25, 0.3) is 10.8 Å². The number of hydrogen-bond acceptors (Lipinski definition) is 1. The van der Waals surface area contributed by atoms with Crippen molar-refractivity contribution >= 4 is 19.1 Å². The first kappa shape index (κ1) is 21.0. The summed E-state index contributed by atoms with van der Waals surface area (Å²) in [5, 5.41) is 2.56. The van der Waals surface area contributed by atoms with Crippen molar-refractivity contribution < 1.29 is 4.43 Å². The Kier molecular flexibility index (Phi) is 9.25. The van der Waals surface area contributed by atoms with Gasteiger partial charge in [-0.05, 0) is 42.0 Å². The van der Waals surface area contributed by atoms with Crippen LogP contribution >= 0.6 is 0 Å². The molecule has 0 atom stereocenters. The fraction of sp³-hybridized carbons (Fsp3) is 0.583. The van der Waals surface area contributed by atoms with Gasteiger partial charge < -0.3 is 4.43 Å². The van der Waals surface area contributed by atoms with E-state index in [1.807, 2.05) is 0 Å². The van der Waals surface area contributed by atoms with E-state index < -0.39 is 8.32 Å². The van der Waals surface area contributed by atoms with Gasteiger partial charge in [0, 0.05) is 0 Å². The first-order chi connectivity index (χ1) is 12.6. The quantitative estimate of drug-likeness (QED) is 0.254. The topological polar surface area (TPSA) is 9.23 Å². The van der Waals surface area contributed by atoms with Crippen LogP contribution in [0.2, 0.25) is 19.1 Å². The Labute approximate surface area is 162 Å². The fourth-order valence-corrected chi connectivity index (χ4v) is 5.61. The predicted molar refractivity (Wildman–Crippen MR) is 119 cm³/mol. The van der Waals surface area contributed by atoms with E-state index in [1.54, 1.807) is 0 Å². The van der Waals surface area contributed by atoms with Crippen LogP contribution in [0, 0.1) is 0 Å². The van der Waals surface area contributed by atoms with Crippen LogP contribution in [0.5, 0.6) is 5.75 Å². The molecule has 144 valence electrons. The molecule has 0 saturated carbocycles. The van der Waals surface area contributed by atoms with Crippen molar-refractivity contribution in [3.05, 3.63) is 42.5 Å². The summed E-state index contributed by atoms with van der Waals surface area (Å²) < 4.78 is 6.43. The van der Waals surface area contributed by atoms with Gasteiger partial charge in [-0.25, -0.2) is 0 Å². The van der Waals surface area contributed by atoms with Crippen molar-refractivity contribution in [2.75, 3.05) is 0 Å². The normalized spacial score (nSPS) is 11.8. The monoisotopic (exact) mass is 370 g/mol. The molecule has 2 aromatic rings. The van der Waals surface area contributed by atoms with Crippen molar-refractivity contribution in [2.45, 2.75) is 90.3 Å². The molecule has 0 amide bonds. The Morgan fingerprint density at radius 3 is 1.92 bits per heavy atom. The summed E-state index contributed by atoms with van der Waals surface area (Å²) in [5.41, 5.74) is 0. The van der Waals surface area contributed by atoms with Crippen LogP contribution in [0.3, 0.4) is 0 Å². The van der Waals surface area contributed by atoms with Crippen molar-refractivity contribution in [1.29, 1.82) is 0 Å². The van der Waals surface area contributed by atoms with E-state index in [9.17, 15) is 0 Å². The number of rotatable bonds is 13. The molecule has 0 aliphatic carbocycles. The number of fused-ring (bicyclic) bond motifs is 1. The van der Waals surface area contributed by atoms with Gasteiger partial charge >= 0.3 is 0 Å². The number of benzene rings is 2. The van der Waals surface area contributed by atoms with E-state index >= 15 is 0 Å². The minimum Gasteiger partial charge on any atom is -0.544 e. The molecule has 0 aliphatic rings. The first-order valence-electron chi connectivity index (χ1n) is 10.8. The third-order valence-corrected chi connectivity index (χ3v) is 7.59. The summed E-state index contributed by atoms with van der Waals surface area (Å²) in [7, 11) is -1.62. The average molecular weight is 371 g/mol. The highest BCUT2D eigenvalue weighted by atomic mass is 28.4. The molecule has 0 aromatic heterocycles. The zero-order valence-corrected chi connectivity index (χ0v) is 18.2. The van der Waals surface area contributed by atoms with E-state index in [1.165, 1.54) is 81.0 Å². The van der Waals surface area contributed by atoms with E-state index in [0.717, 1.165) is 5.75 Å². The van der Waals surface area contributed by atoms with Crippen LogP contribution in [0.15, 0.2) is 42.5 Å². The molecule has 0 fully saturated rings. The van der Waals surface area contributed by atoms with Gasteiger partial charge in [0.2, 0.25) is 8.32 Å². The lowest BCUT2D eigenvalue weighted by Crippen LogP contribution is -2.33. The maximum absolute atomic E-state index is 6.43. The van der Waals surface area contributed by atoms with E-state index in [2.05, 4.69) is 62.5 Å². The van der Waals surface area contributed by atoms with Gasteiger partial charge in [-0.15, -0.1) is 0 Å². The Morgan fingerprint density at radius 1 is 0.692 bits per heavy atom. The van der Waals surface area contributed by atoms with E-state index in [0.29, 0.717) is 0 Å². The molecule has 0 spiro atoms. The zero-order chi connectivity index (χ0) is 18.7. The molecule has 0 saturated heterocycles. The molecule has 1 nitrogen and oxygen atoms in total. The van der Waals surface area contributed by atoms with E-state index in [4.69, 9.17) is 4.43 Å². The molecule has 0 aliphatic heterocycles. The average Bonchev–Trinajstić information content (AvgIpc) is 2.63. The second-order valence-electron chi connectivity index (χ2n) is 8.30. The molecule has 26 heavy (non-hydrogen) atoms. The van der Waals surface area contributed by atoms with Gasteiger partial charge in [0.25, 0.3) is 0 Å². The molecule has 0 bridgehead atoms. The van der Waals surface area contributed by atoms with Crippen LogP contribution in [-0.4, -0.2) is 8.32 Å². The van der Waals surface area contributed by atoms with Gasteiger partial charge in [0.15, 0.2) is 0 Å². The fourth-order valence-electron chi connectivity index (χ4n) is 3.64. The van der Waals surface area contributed by atoms with Crippen LogP contribution in [0.4, 0.5) is 0 Å². The molecule has 0 heterocycles. The standard InChI is InChI=1S/C24H38OSi/c1-4-5-6-7-8-9-10-11-12-15-20-26(2,3)25-24-19-18-22-16-13-14-17-23(22)21-24/h13-14,16-19,21H,4-12,15,20H2,1-3H3. The molecule has 0 unspecified atom stereocenters. The van der Waals surface area contributed by atoms with Crippen LogP contribution in [-0.2, 0) is 0 Å². The summed E-state index contributed by atoms with van der Waals surface area (Å²) in [5.74, 6) is 1.05. The van der Waals surface area contributed by atoms with Gasteiger partial charge in [-0.3, -0.25) is 0 Å². The molecule has 0 radical (unpaired) electrons. The molecule has 2 aromatic carbocycles. The highest BCUT2D eigenvalue weighted by molar-refractivity contribution is 6.71. The molecular weight excluding hydrogens is 332 g/mol. The van der Waals surface area contributed by atoms with Gasteiger partial charge in [0.05, 0.1) is 0 Å². The lowest BCUT2D eigenvalue weighted by molar-refractivity contribution is 0.532. The molecule has 2 rings (SSSR count). The maximum atomic E-state index is 6.43. The first-order valence-corrected chi connectivity index (χ1v) is 13.9. The number of hydrogen-bond donors (Lipinski definition) is 0. The highest BCUT2D eigenvalue weighted by Crippen LogP contribution is 2.25. The maximum Gasteiger partial charge on any atom is 0.245 e. The zero-order valence-electron chi connectivity index (χ0n) is 17.2. The van der Waals surface area contributed by atoms with Crippen molar-refractivity contribution in [1.82, 2.24) is 0 Å². The minimum absolute atomic E-state index is 1.05. The second-order valence-corrected chi connectivity index (χ2v) is 12.5. The van der Waals surface area contributed by atoms with Crippen molar-refractivity contribution in [3.8, 4) is 5.75 Å². The third-order valence-electron chi connectivity index (χ3n) is 5.25. The SMILES string of the molecule is CCCCCCCCCCCC[Si](C)(C)Oc1ccc2ccccc2c1. The van der Waals surface area contributed by atoms with Crippen molar-refractivity contribution in [2.24, 2.45) is 0 Å². The largest absolute Gasteiger partial charge is 0.544 e. The molecule has 0 N–H and O–H groups in total. The van der Waals surface area contributed by atoms with E-state index in [-0.39, 0.29) is 0 Å². The molecular formula is C24H38OSi. The van der Waals surface area contributed by atoms with Gasteiger partial charge in [0.1, 0.15) is 5.75 Å². The van der Waals surface area contributed by atoms with Crippen molar-refractivity contribution in [3.63, 3.8) is 0 Å². The summed E-state index contributed by atoms with van der Waals surface area (Å²) in [6, 6.07) is 16.3. The Hall–Kier alpha value is -1.28. The predicted octanol–water partition coefficient (Wildman–Crippen LogP) is 8.34.